The standard InChI is InChI=1S/C17H22N8O2S/c1-22-12-14(11-18-22)28(26,27)24-9-5-13(6-10-24)17-20-19-15-3-4-16(21-25(15)17)23-7-2-8-23/h3-4,11-13H,2,5-10H2,1H3. The molecule has 0 saturated carbocycles. The van der Waals surface area contributed by atoms with Crippen molar-refractivity contribution < 1.29 is 8.42 Å². The van der Waals surface area contributed by atoms with Crippen molar-refractivity contribution in [3.8, 4) is 0 Å². The fourth-order valence-electron chi connectivity index (χ4n) is 3.80. The molecule has 2 aliphatic heterocycles. The smallest absolute Gasteiger partial charge is 0.246 e. The second kappa shape index (κ2) is 6.52. The lowest BCUT2D eigenvalue weighted by Crippen LogP contribution is -2.38. The molecule has 3 aromatic rings. The minimum atomic E-state index is -3.50. The van der Waals surface area contributed by atoms with Crippen molar-refractivity contribution in [1.82, 2.24) is 33.9 Å². The van der Waals surface area contributed by atoms with Crippen LogP contribution < -0.4 is 4.90 Å². The second-order valence-corrected chi connectivity index (χ2v) is 9.33. The first-order valence-corrected chi connectivity index (χ1v) is 10.9. The van der Waals surface area contributed by atoms with E-state index in [9.17, 15) is 8.42 Å². The van der Waals surface area contributed by atoms with Gasteiger partial charge >= 0.3 is 0 Å². The number of nitrogens with zero attached hydrogens (tertiary/aromatic N) is 8. The summed E-state index contributed by atoms with van der Waals surface area (Å²) in [6, 6.07) is 3.93. The lowest BCUT2D eigenvalue weighted by molar-refractivity contribution is 0.311. The zero-order valence-electron chi connectivity index (χ0n) is 15.6. The molecule has 0 bridgehead atoms. The van der Waals surface area contributed by atoms with Crippen LogP contribution in [0.25, 0.3) is 5.65 Å². The number of piperidine rings is 1. The Hall–Kier alpha value is -2.53. The topological polar surface area (TPSA) is 102 Å². The molecule has 0 aromatic carbocycles. The van der Waals surface area contributed by atoms with Crippen LogP contribution in [0.3, 0.4) is 0 Å². The molecule has 0 unspecified atom stereocenters. The van der Waals surface area contributed by atoms with Gasteiger partial charge in [-0.15, -0.1) is 15.3 Å². The fourth-order valence-corrected chi connectivity index (χ4v) is 5.26. The van der Waals surface area contributed by atoms with E-state index in [1.165, 1.54) is 27.8 Å². The molecule has 0 radical (unpaired) electrons. The molecular weight excluding hydrogens is 380 g/mol. The predicted octanol–water partition coefficient (Wildman–Crippen LogP) is 0.636. The van der Waals surface area contributed by atoms with E-state index in [1.807, 2.05) is 16.6 Å². The molecule has 5 rings (SSSR count). The van der Waals surface area contributed by atoms with Gasteiger partial charge in [0.2, 0.25) is 10.0 Å². The number of rotatable bonds is 4. The fraction of sp³-hybridized carbons (Fsp3) is 0.529. The van der Waals surface area contributed by atoms with Gasteiger partial charge in [-0.25, -0.2) is 8.42 Å². The third-order valence-corrected chi connectivity index (χ3v) is 7.44. The van der Waals surface area contributed by atoms with E-state index in [1.54, 1.807) is 7.05 Å². The number of sulfonamides is 1. The molecule has 3 aromatic heterocycles. The van der Waals surface area contributed by atoms with Crippen LogP contribution in [0, 0.1) is 0 Å². The van der Waals surface area contributed by atoms with E-state index in [-0.39, 0.29) is 10.8 Å². The van der Waals surface area contributed by atoms with Gasteiger partial charge in [0.25, 0.3) is 0 Å². The van der Waals surface area contributed by atoms with Crippen LogP contribution in [0.5, 0.6) is 0 Å². The van der Waals surface area contributed by atoms with Crippen LogP contribution >= 0.6 is 0 Å². The summed E-state index contributed by atoms with van der Waals surface area (Å²) in [7, 11) is -1.79. The van der Waals surface area contributed by atoms with Crippen LogP contribution in [-0.4, -0.2) is 68.5 Å². The molecule has 0 N–H and O–H groups in total. The number of hydrogen-bond donors (Lipinski definition) is 0. The zero-order chi connectivity index (χ0) is 19.3. The summed E-state index contributed by atoms with van der Waals surface area (Å²) in [4.78, 5) is 2.47. The number of aromatic nitrogens is 6. The molecule has 0 amide bonds. The summed E-state index contributed by atoms with van der Waals surface area (Å²) < 4.78 is 30.4. The highest BCUT2D eigenvalue weighted by Gasteiger charge is 2.32. The van der Waals surface area contributed by atoms with Gasteiger partial charge < -0.3 is 4.90 Å². The van der Waals surface area contributed by atoms with Gasteiger partial charge in [-0.3, -0.25) is 4.68 Å². The van der Waals surface area contributed by atoms with Crippen LogP contribution in [-0.2, 0) is 17.1 Å². The molecule has 2 saturated heterocycles. The summed E-state index contributed by atoms with van der Waals surface area (Å²) in [6.07, 6.45) is 5.51. The summed E-state index contributed by atoms with van der Waals surface area (Å²) >= 11 is 0. The van der Waals surface area contributed by atoms with Gasteiger partial charge in [-0.1, -0.05) is 0 Å². The van der Waals surface area contributed by atoms with Gasteiger partial charge in [0.05, 0.1) is 6.20 Å². The highest BCUT2D eigenvalue weighted by atomic mass is 32.2. The minimum Gasteiger partial charge on any atom is -0.355 e. The maximum Gasteiger partial charge on any atom is 0.246 e. The Morgan fingerprint density at radius 1 is 1.07 bits per heavy atom. The molecule has 148 valence electrons. The number of aryl methyl sites for hydroxylation is 1. The average Bonchev–Trinajstić information content (AvgIpc) is 3.27. The lowest BCUT2D eigenvalue weighted by atomic mass is 9.97. The molecule has 2 aliphatic rings. The maximum absolute atomic E-state index is 12.8. The normalized spacial score (nSPS) is 19.2. The molecule has 11 heteroatoms. The Labute approximate surface area is 162 Å². The number of hydrogen-bond acceptors (Lipinski definition) is 7. The molecule has 0 aliphatic carbocycles. The molecule has 10 nitrogen and oxygen atoms in total. The average molecular weight is 402 g/mol. The number of fused-ring (bicyclic) bond motifs is 1. The van der Waals surface area contributed by atoms with Gasteiger partial charge in [-0.05, 0) is 31.4 Å². The summed E-state index contributed by atoms with van der Waals surface area (Å²) in [5.74, 6) is 1.89. The predicted molar refractivity (Wildman–Crippen MR) is 102 cm³/mol. The molecule has 0 spiro atoms. The van der Waals surface area contributed by atoms with E-state index in [0.29, 0.717) is 25.9 Å². The Bertz CT molecular complexity index is 1110. The lowest BCUT2D eigenvalue weighted by Gasteiger charge is -2.32. The zero-order valence-corrected chi connectivity index (χ0v) is 16.5. The minimum absolute atomic E-state index is 0.134. The largest absolute Gasteiger partial charge is 0.355 e. The Morgan fingerprint density at radius 3 is 2.50 bits per heavy atom. The maximum atomic E-state index is 12.8. The van der Waals surface area contributed by atoms with Crippen LogP contribution in [0.4, 0.5) is 5.82 Å². The third kappa shape index (κ3) is 2.85. The van der Waals surface area contributed by atoms with Crippen molar-refractivity contribution in [3.05, 3.63) is 30.4 Å². The number of anilines is 1. The van der Waals surface area contributed by atoms with E-state index in [4.69, 9.17) is 5.10 Å². The van der Waals surface area contributed by atoms with E-state index in [0.717, 1.165) is 30.4 Å². The van der Waals surface area contributed by atoms with Crippen molar-refractivity contribution in [1.29, 1.82) is 0 Å². The second-order valence-electron chi connectivity index (χ2n) is 7.39. The van der Waals surface area contributed by atoms with Crippen LogP contribution in [0.15, 0.2) is 29.4 Å². The summed E-state index contributed by atoms with van der Waals surface area (Å²) in [6.45, 7) is 2.95. The Balaban J connectivity index is 1.35. The van der Waals surface area contributed by atoms with Crippen molar-refractivity contribution in [2.75, 3.05) is 31.1 Å². The summed E-state index contributed by atoms with van der Waals surface area (Å²) in [5, 5.41) is 17.3. The van der Waals surface area contributed by atoms with Gasteiger partial charge in [0.15, 0.2) is 11.5 Å². The highest BCUT2D eigenvalue weighted by Crippen LogP contribution is 2.30. The molecular formula is C17H22N8O2S. The van der Waals surface area contributed by atoms with Crippen molar-refractivity contribution in [2.45, 2.75) is 30.1 Å². The van der Waals surface area contributed by atoms with E-state index >= 15 is 0 Å². The van der Waals surface area contributed by atoms with Crippen LogP contribution in [0.1, 0.15) is 31.0 Å². The summed E-state index contributed by atoms with van der Waals surface area (Å²) in [5.41, 5.74) is 0.727. The SMILES string of the molecule is Cn1cc(S(=O)(=O)N2CCC(c3nnc4ccc(N5CCC5)nn34)CC2)cn1. The quantitative estimate of drug-likeness (QED) is 0.631. The van der Waals surface area contributed by atoms with Crippen LogP contribution in [0.2, 0.25) is 0 Å². The molecule has 2 fully saturated rings. The monoisotopic (exact) mass is 402 g/mol. The first-order valence-electron chi connectivity index (χ1n) is 9.48. The van der Waals surface area contributed by atoms with Crippen molar-refractivity contribution in [3.63, 3.8) is 0 Å². The van der Waals surface area contributed by atoms with Crippen molar-refractivity contribution in [2.24, 2.45) is 7.05 Å². The Morgan fingerprint density at radius 2 is 1.86 bits per heavy atom. The van der Waals surface area contributed by atoms with E-state index in [2.05, 4.69) is 20.2 Å². The first kappa shape index (κ1) is 17.6. The van der Waals surface area contributed by atoms with Gasteiger partial charge in [0, 0.05) is 45.3 Å². The Kier molecular flexibility index (Phi) is 4.09. The van der Waals surface area contributed by atoms with Crippen molar-refractivity contribution >= 4 is 21.5 Å². The molecule has 28 heavy (non-hydrogen) atoms. The molecule has 5 heterocycles. The first-order chi connectivity index (χ1) is 13.5. The highest BCUT2D eigenvalue weighted by molar-refractivity contribution is 7.89. The molecule has 0 atom stereocenters. The van der Waals surface area contributed by atoms with Gasteiger partial charge in [-0.2, -0.15) is 13.9 Å². The van der Waals surface area contributed by atoms with E-state index < -0.39 is 10.0 Å². The third-order valence-electron chi connectivity index (χ3n) is 5.59. The van der Waals surface area contributed by atoms with Gasteiger partial charge in [0.1, 0.15) is 10.7 Å².